The third kappa shape index (κ3) is 3.22. The summed E-state index contributed by atoms with van der Waals surface area (Å²) in [5.41, 5.74) is 0.989. The van der Waals surface area contributed by atoms with Gasteiger partial charge in [0.15, 0.2) is 0 Å². The van der Waals surface area contributed by atoms with Crippen LogP contribution in [0.4, 0.5) is 5.00 Å². The molecule has 1 N–H and O–H groups in total. The quantitative estimate of drug-likeness (QED) is 0.574. The zero-order valence-electron chi connectivity index (χ0n) is 12.4. The fraction of sp³-hybridized carbons (Fsp3) is 0.118. The van der Waals surface area contributed by atoms with Crippen molar-refractivity contribution in [1.29, 1.82) is 0 Å². The number of thiophene rings is 1. The highest BCUT2D eigenvalue weighted by Gasteiger charge is 2.17. The molecule has 1 amide bonds. The van der Waals surface area contributed by atoms with Gasteiger partial charge in [-0.25, -0.2) is 0 Å². The predicted molar refractivity (Wildman–Crippen MR) is 90.8 cm³/mol. The molecule has 0 saturated heterocycles. The number of amides is 1. The van der Waals surface area contributed by atoms with E-state index in [0.29, 0.717) is 4.88 Å². The van der Waals surface area contributed by atoms with Crippen LogP contribution in [0.1, 0.15) is 28.2 Å². The lowest BCUT2D eigenvalue weighted by Crippen LogP contribution is -2.25. The second kappa shape index (κ2) is 6.18. The molecule has 0 aliphatic carbocycles. The molecule has 23 heavy (non-hydrogen) atoms. The molecule has 3 rings (SSSR count). The molecule has 1 atom stereocenters. The number of nitrogens with zero attached hydrogens (tertiary/aromatic N) is 1. The van der Waals surface area contributed by atoms with E-state index in [1.54, 1.807) is 0 Å². The SMILES string of the molecule is CC(NC(=O)c1ccc([N+](=O)[O-])s1)c1ccc2ccccc2c1. The molecule has 1 unspecified atom stereocenters. The molecule has 116 valence electrons. The Bertz CT molecular complexity index is 888. The molecule has 1 heterocycles. The van der Waals surface area contributed by atoms with Crippen molar-refractivity contribution in [1.82, 2.24) is 5.32 Å². The van der Waals surface area contributed by atoms with Crippen LogP contribution in [0.2, 0.25) is 0 Å². The van der Waals surface area contributed by atoms with Gasteiger partial charge in [-0.3, -0.25) is 14.9 Å². The molecule has 2 aromatic carbocycles. The molecule has 1 aromatic heterocycles. The smallest absolute Gasteiger partial charge is 0.324 e. The van der Waals surface area contributed by atoms with Gasteiger partial charge in [0, 0.05) is 6.07 Å². The van der Waals surface area contributed by atoms with Gasteiger partial charge in [-0.2, -0.15) is 0 Å². The van der Waals surface area contributed by atoms with E-state index in [0.717, 1.165) is 27.7 Å². The summed E-state index contributed by atoms with van der Waals surface area (Å²) >= 11 is 0.878. The summed E-state index contributed by atoms with van der Waals surface area (Å²) in [6.07, 6.45) is 0. The van der Waals surface area contributed by atoms with Gasteiger partial charge in [0.1, 0.15) is 0 Å². The van der Waals surface area contributed by atoms with Crippen LogP contribution < -0.4 is 5.32 Å². The molecule has 0 bridgehead atoms. The van der Waals surface area contributed by atoms with Crippen molar-refractivity contribution in [2.24, 2.45) is 0 Å². The van der Waals surface area contributed by atoms with Gasteiger partial charge in [0.2, 0.25) is 0 Å². The Morgan fingerprint density at radius 1 is 1.13 bits per heavy atom. The van der Waals surface area contributed by atoms with E-state index in [1.165, 1.54) is 12.1 Å². The molecule has 3 aromatic rings. The predicted octanol–water partition coefficient (Wildman–Crippen LogP) is 4.30. The first kappa shape index (κ1) is 15.2. The molecular weight excluding hydrogens is 312 g/mol. The summed E-state index contributed by atoms with van der Waals surface area (Å²) in [5.74, 6) is -0.302. The molecule has 0 saturated carbocycles. The lowest BCUT2D eigenvalue weighted by Gasteiger charge is -2.14. The molecule has 5 nitrogen and oxygen atoms in total. The van der Waals surface area contributed by atoms with E-state index in [4.69, 9.17) is 0 Å². The van der Waals surface area contributed by atoms with Gasteiger partial charge in [0.05, 0.1) is 15.8 Å². The van der Waals surface area contributed by atoms with Crippen LogP contribution in [-0.2, 0) is 0 Å². The van der Waals surface area contributed by atoms with Crippen molar-refractivity contribution in [2.75, 3.05) is 0 Å². The van der Waals surface area contributed by atoms with E-state index in [2.05, 4.69) is 5.32 Å². The number of hydrogen-bond acceptors (Lipinski definition) is 4. The minimum atomic E-state index is -0.492. The third-order valence-corrected chi connectivity index (χ3v) is 4.65. The largest absolute Gasteiger partial charge is 0.345 e. The van der Waals surface area contributed by atoms with Gasteiger partial charge >= 0.3 is 5.00 Å². The zero-order chi connectivity index (χ0) is 16.4. The minimum Gasteiger partial charge on any atom is -0.345 e. The number of fused-ring (bicyclic) bond motifs is 1. The van der Waals surface area contributed by atoms with Crippen LogP contribution in [0.15, 0.2) is 54.6 Å². The Balaban J connectivity index is 1.77. The number of carbonyl (C=O) groups is 1. The Morgan fingerprint density at radius 3 is 2.57 bits per heavy atom. The van der Waals surface area contributed by atoms with Crippen molar-refractivity contribution < 1.29 is 9.72 Å². The van der Waals surface area contributed by atoms with Crippen molar-refractivity contribution >= 4 is 33.0 Å². The maximum Gasteiger partial charge on any atom is 0.324 e. The zero-order valence-corrected chi connectivity index (χ0v) is 13.2. The van der Waals surface area contributed by atoms with Crippen molar-refractivity contribution in [2.45, 2.75) is 13.0 Å². The van der Waals surface area contributed by atoms with Crippen LogP contribution in [0.3, 0.4) is 0 Å². The number of nitrogens with one attached hydrogen (secondary N) is 1. The highest BCUT2D eigenvalue weighted by atomic mass is 32.1. The standard InChI is InChI=1S/C17H14N2O3S/c1-11(13-7-6-12-4-2-3-5-14(12)10-13)18-17(20)15-8-9-16(23-15)19(21)22/h2-11H,1H3,(H,18,20). The lowest BCUT2D eigenvalue weighted by atomic mass is 10.0. The number of rotatable bonds is 4. The Kier molecular flexibility index (Phi) is 4.08. The average molecular weight is 326 g/mol. The summed E-state index contributed by atoms with van der Waals surface area (Å²) in [6.45, 7) is 1.89. The Morgan fingerprint density at radius 2 is 1.87 bits per heavy atom. The van der Waals surface area contributed by atoms with E-state index in [1.807, 2.05) is 49.4 Å². The summed E-state index contributed by atoms with van der Waals surface area (Å²) < 4.78 is 0. The van der Waals surface area contributed by atoms with Crippen LogP contribution in [0.5, 0.6) is 0 Å². The van der Waals surface area contributed by atoms with Gasteiger partial charge in [-0.1, -0.05) is 47.7 Å². The molecule has 0 radical (unpaired) electrons. The fourth-order valence-electron chi connectivity index (χ4n) is 2.38. The van der Waals surface area contributed by atoms with Crippen molar-refractivity contribution in [3.05, 3.63) is 75.2 Å². The van der Waals surface area contributed by atoms with Crippen LogP contribution in [-0.4, -0.2) is 10.8 Å². The maximum absolute atomic E-state index is 12.2. The normalized spacial score (nSPS) is 12.0. The molecule has 0 aliphatic rings. The van der Waals surface area contributed by atoms with Crippen LogP contribution in [0.25, 0.3) is 10.8 Å². The van der Waals surface area contributed by atoms with Crippen molar-refractivity contribution in [3.8, 4) is 0 Å². The average Bonchev–Trinajstić information content (AvgIpc) is 3.04. The Labute approximate surface area is 136 Å². The molecule has 0 aliphatic heterocycles. The van der Waals surface area contributed by atoms with Crippen LogP contribution >= 0.6 is 11.3 Å². The Hall–Kier alpha value is -2.73. The minimum absolute atomic E-state index is 0.0338. The number of hydrogen-bond donors (Lipinski definition) is 1. The molecular formula is C17H14N2O3S. The third-order valence-electron chi connectivity index (χ3n) is 3.62. The summed E-state index contributed by atoms with van der Waals surface area (Å²) in [5, 5.41) is 15.8. The molecule has 0 spiro atoms. The monoisotopic (exact) mass is 326 g/mol. The van der Waals surface area contributed by atoms with Gasteiger partial charge < -0.3 is 5.32 Å². The van der Waals surface area contributed by atoms with Gasteiger partial charge in [0.25, 0.3) is 5.91 Å². The van der Waals surface area contributed by atoms with Crippen LogP contribution in [0, 0.1) is 10.1 Å². The first-order valence-corrected chi connectivity index (χ1v) is 7.90. The summed E-state index contributed by atoms with van der Waals surface area (Å²) in [7, 11) is 0. The summed E-state index contributed by atoms with van der Waals surface area (Å²) in [6, 6.07) is 16.7. The van der Waals surface area contributed by atoms with Gasteiger partial charge in [-0.15, -0.1) is 0 Å². The lowest BCUT2D eigenvalue weighted by molar-refractivity contribution is -0.380. The molecule has 6 heteroatoms. The summed E-state index contributed by atoms with van der Waals surface area (Å²) in [4.78, 5) is 22.7. The highest BCUT2D eigenvalue weighted by molar-refractivity contribution is 7.17. The van der Waals surface area contributed by atoms with Gasteiger partial charge in [-0.05, 0) is 35.4 Å². The second-order valence-corrected chi connectivity index (χ2v) is 6.26. The number of benzene rings is 2. The molecule has 0 fully saturated rings. The first-order valence-electron chi connectivity index (χ1n) is 7.08. The van der Waals surface area contributed by atoms with E-state index in [9.17, 15) is 14.9 Å². The van der Waals surface area contributed by atoms with Crippen molar-refractivity contribution in [3.63, 3.8) is 0 Å². The highest BCUT2D eigenvalue weighted by Crippen LogP contribution is 2.25. The number of nitro groups is 1. The second-order valence-electron chi connectivity index (χ2n) is 5.20. The van der Waals surface area contributed by atoms with E-state index in [-0.39, 0.29) is 17.0 Å². The maximum atomic E-state index is 12.2. The number of carbonyl (C=O) groups excluding carboxylic acids is 1. The fourth-order valence-corrected chi connectivity index (χ4v) is 3.10. The first-order chi connectivity index (χ1) is 11.0. The van der Waals surface area contributed by atoms with E-state index >= 15 is 0 Å². The topological polar surface area (TPSA) is 72.2 Å². The van der Waals surface area contributed by atoms with E-state index < -0.39 is 4.92 Å².